The van der Waals surface area contributed by atoms with Gasteiger partial charge >= 0.3 is 0 Å². The van der Waals surface area contributed by atoms with Gasteiger partial charge < -0.3 is 5.32 Å². The molecular weight excluding hydrogens is 386 g/mol. The van der Waals surface area contributed by atoms with Crippen molar-refractivity contribution in [3.63, 3.8) is 0 Å². The SMILES string of the molecule is Cc1ccc(NC(=O)CSc2ncnc3sc4c(c23)CCCC4)cc1Cl. The summed E-state index contributed by atoms with van der Waals surface area (Å²) in [4.78, 5) is 23.7. The normalized spacial score (nSPS) is 13.6. The lowest BCUT2D eigenvalue weighted by Crippen LogP contribution is -2.14. The number of halogens is 1. The number of amides is 1. The number of benzene rings is 1. The van der Waals surface area contributed by atoms with Gasteiger partial charge in [-0.15, -0.1) is 11.3 Å². The van der Waals surface area contributed by atoms with E-state index in [1.807, 2.05) is 19.1 Å². The number of thiophene rings is 1. The molecule has 0 aliphatic heterocycles. The lowest BCUT2D eigenvalue weighted by atomic mass is 9.97. The summed E-state index contributed by atoms with van der Waals surface area (Å²) in [5.41, 5.74) is 3.10. The van der Waals surface area contributed by atoms with Crippen LogP contribution in [0.4, 0.5) is 5.69 Å². The molecule has 1 aliphatic carbocycles. The summed E-state index contributed by atoms with van der Waals surface area (Å²) in [5, 5.41) is 5.61. The van der Waals surface area contributed by atoms with Gasteiger partial charge in [0.05, 0.1) is 5.75 Å². The number of hydrogen-bond donors (Lipinski definition) is 1. The molecule has 1 amide bonds. The summed E-state index contributed by atoms with van der Waals surface area (Å²) in [6.07, 6.45) is 6.29. The maximum atomic E-state index is 12.3. The van der Waals surface area contributed by atoms with Gasteiger partial charge in [-0.3, -0.25) is 4.79 Å². The van der Waals surface area contributed by atoms with Crippen molar-refractivity contribution in [2.24, 2.45) is 0 Å². The van der Waals surface area contributed by atoms with Crippen molar-refractivity contribution in [1.29, 1.82) is 0 Å². The van der Waals surface area contributed by atoms with Gasteiger partial charge in [0.2, 0.25) is 5.91 Å². The largest absolute Gasteiger partial charge is 0.325 e. The Morgan fingerprint density at radius 3 is 3.00 bits per heavy atom. The molecule has 0 radical (unpaired) electrons. The molecule has 1 aliphatic rings. The van der Waals surface area contributed by atoms with Gasteiger partial charge in [0, 0.05) is 21.0 Å². The molecule has 4 nitrogen and oxygen atoms in total. The highest BCUT2D eigenvalue weighted by Gasteiger charge is 2.20. The fraction of sp³-hybridized carbons (Fsp3) is 0.316. The van der Waals surface area contributed by atoms with E-state index in [4.69, 9.17) is 11.6 Å². The van der Waals surface area contributed by atoms with Crippen molar-refractivity contribution in [3.05, 3.63) is 45.6 Å². The number of nitrogens with one attached hydrogen (secondary N) is 1. The van der Waals surface area contributed by atoms with Gasteiger partial charge in [-0.05, 0) is 55.9 Å². The Morgan fingerprint density at radius 1 is 1.31 bits per heavy atom. The molecule has 0 atom stereocenters. The minimum absolute atomic E-state index is 0.0641. The van der Waals surface area contributed by atoms with Crippen LogP contribution in [0.5, 0.6) is 0 Å². The molecule has 134 valence electrons. The Labute approximate surface area is 165 Å². The van der Waals surface area contributed by atoms with E-state index in [-0.39, 0.29) is 5.91 Å². The third-order valence-electron chi connectivity index (χ3n) is 4.51. The first kappa shape index (κ1) is 17.8. The number of carbonyl (C=O) groups is 1. The van der Waals surface area contributed by atoms with Crippen molar-refractivity contribution in [2.75, 3.05) is 11.1 Å². The second-order valence-electron chi connectivity index (χ2n) is 6.37. The summed E-state index contributed by atoms with van der Waals surface area (Å²) in [5.74, 6) is 0.244. The standard InChI is InChI=1S/C19H18ClN3OS2/c1-11-6-7-12(8-14(11)20)23-16(24)9-25-18-17-13-4-2-3-5-15(13)26-19(17)22-10-21-18/h6-8,10H,2-5,9H2,1H3,(H,23,24). The number of nitrogens with zero attached hydrogens (tertiary/aromatic N) is 2. The molecule has 1 N–H and O–H groups in total. The Hall–Kier alpha value is -1.63. The highest BCUT2D eigenvalue weighted by Crippen LogP contribution is 2.39. The predicted molar refractivity (Wildman–Crippen MR) is 110 cm³/mol. The van der Waals surface area contributed by atoms with Crippen LogP contribution in [0.1, 0.15) is 28.8 Å². The predicted octanol–water partition coefficient (Wildman–Crippen LogP) is 5.26. The number of hydrogen-bond acceptors (Lipinski definition) is 5. The van der Waals surface area contributed by atoms with Crippen LogP contribution in [-0.2, 0) is 17.6 Å². The van der Waals surface area contributed by atoms with Gasteiger partial charge in [0.25, 0.3) is 0 Å². The van der Waals surface area contributed by atoms with Crippen molar-refractivity contribution >= 4 is 56.5 Å². The minimum atomic E-state index is -0.0641. The van der Waals surface area contributed by atoms with Crippen LogP contribution in [0.2, 0.25) is 5.02 Å². The molecule has 3 aromatic rings. The fourth-order valence-electron chi connectivity index (χ4n) is 3.17. The van der Waals surface area contributed by atoms with E-state index >= 15 is 0 Å². The molecule has 0 bridgehead atoms. The van der Waals surface area contributed by atoms with Crippen molar-refractivity contribution in [2.45, 2.75) is 37.6 Å². The maximum Gasteiger partial charge on any atom is 0.234 e. The Balaban J connectivity index is 1.50. The average molecular weight is 404 g/mol. The summed E-state index contributed by atoms with van der Waals surface area (Å²) in [6, 6.07) is 5.54. The molecule has 4 rings (SSSR count). The highest BCUT2D eigenvalue weighted by molar-refractivity contribution is 8.00. The lowest BCUT2D eigenvalue weighted by Gasteiger charge is -2.11. The Morgan fingerprint density at radius 2 is 2.15 bits per heavy atom. The van der Waals surface area contributed by atoms with Crippen LogP contribution in [0.25, 0.3) is 10.2 Å². The maximum absolute atomic E-state index is 12.3. The summed E-state index contributed by atoms with van der Waals surface area (Å²) in [6.45, 7) is 1.94. The van der Waals surface area contributed by atoms with E-state index in [0.717, 1.165) is 33.6 Å². The van der Waals surface area contributed by atoms with Crippen LogP contribution >= 0.6 is 34.7 Å². The van der Waals surface area contributed by atoms with Gasteiger partial charge in [-0.1, -0.05) is 29.4 Å². The van der Waals surface area contributed by atoms with E-state index in [2.05, 4.69) is 15.3 Å². The number of aryl methyl sites for hydroxylation is 3. The smallest absolute Gasteiger partial charge is 0.234 e. The second-order valence-corrected chi connectivity index (χ2v) is 8.83. The first-order chi connectivity index (χ1) is 12.6. The Bertz CT molecular complexity index is 986. The summed E-state index contributed by atoms with van der Waals surface area (Å²) in [7, 11) is 0. The van der Waals surface area contributed by atoms with Crippen molar-refractivity contribution in [1.82, 2.24) is 9.97 Å². The van der Waals surface area contributed by atoms with E-state index in [9.17, 15) is 4.79 Å². The van der Waals surface area contributed by atoms with Crippen LogP contribution in [-0.4, -0.2) is 21.6 Å². The molecule has 26 heavy (non-hydrogen) atoms. The number of carbonyl (C=O) groups excluding carboxylic acids is 1. The summed E-state index contributed by atoms with van der Waals surface area (Å²) >= 11 is 9.36. The molecule has 0 saturated heterocycles. The van der Waals surface area contributed by atoms with Crippen molar-refractivity contribution in [3.8, 4) is 0 Å². The molecule has 2 aromatic heterocycles. The number of aromatic nitrogens is 2. The molecular formula is C19H18ClN3OS2. The van der Waals surface area contributed by atoms with Crippen LogP contribution in [0, 0.1) is 6.92 Å². The summed E-state index contributed by atoms with van der Waals surface area (Å²) < 4.78 is 0. The molecule has 7 heteroatoms. The van der Waals surface area contributed by atoms with Gasteiger partial charge in [-0.25, -0.2) is 9.97 Å². The number of rotatable bonds is 4. The zero-order valence-corrected chi connectivity index (χ0v) is 16.7. The Kier molecular flexibility index (Phi) is 5.16. The molecule has 0 spiro atoms. The monoisotopic (exact) mass is 403 g/mol. The van der Waals surface area contributed by atoms with E-state index in [0.29, 0.717) is 16.5 Å². The van der Waals surface area contributed by atoms with Crippen molar-refractivity contribution < 1.29 is 4.79 Å². The third-order valence-corrected chi connectivity index (χ3v) is 7.11. The zero-order valence-electron chi connectivity index (χ0n) is 14.3. The van der Waals surface area contributed by atoms with Gasteiger partial charge in [0.15, 0.2) is 0 Å². The van der Waals surface area contributed by atoms with Crippen LogP contribution < -0.4 is 5.32 Å². The van der Waals surface area contributed by atoms with E-state index in [1.54, 1.807) is 23.7 Å². The quantitative estimate of drug-likeness (QED) is 0.476. The highest BCUT2D eigenvalue weighted by atomic mass is 35.5. The first-order valence-corrected chi connectivity index (χ1v) is 10.7. The molecule has 0 unspecified atom stereocenters. The van der Waals surface area contributed by atoms with Gasteiger partial charge in [0.1, 0.15) is 16.2 Å². The number of anilines is 1. The molecule has 1 aromatic carbocycles. The fourth-order valence-corrected chi connectivity index (χ4v) is 5.47. The second kappa shape index (κ2) is 7.55. The minimum Gasteiger partial charge on any atom is -0.325 e. The molecule has 0 saturated carbocycles. The average Bonchev–Trinajstić information content (AvgIpc) is 3.02. The zero-order chi connectivity index (χ0) is 18.1. The van der Waals surface area contributed by atoms with Gasteiger partial charge in [-0.2, -0.15) is 0 Å². The van der Waals surface area contributed by atoms with Crippen LogP contribution in [0.3, 0.4) is 0 Å². The lowest BCUT2D eigenvalue weighted by molar-refractivity contribution is -0.113. The van der Waals surface area contributed by atoms with E-state index in [1.165, 1.54) is 35.0 Å². The first-order valence-electron chi connectivity index (χ1n) is 8.56. The number of fused-ring (bicyclic) bond motifs is 3. The molecule has 2 heterocycles. The number of thioether (sulfide) groups is 1. The topological polar surface area (TPSA) is 54.9 Å². The molecule has 0 fully saturated rings. The van der Waals surface area contributed by atoms with E-state index < -0.39 is 0 Å². The van der Waals surface area contributed by atoms with Crippen LogP contribution in [0.15, 0.2) is 29.6 Å². The third kappa shape index (κ3) is 3.59.